The monoisotopic (exact) mass is 181 g/mol. The molecule has 0 aliphatic heterocycles. The van der Waals surface area contributed by atoms with Gasteiger partial charge in [-0.2, -0.15) is 0 Å². The topological polar surface area (TPSA) is 12.0 Å². The van der Waals surface area contributed by atoms with E-state index in [1.165, 1.54) is 19.3 Å². The lowest BCUT2D eigenvalue weighted by Crippen LogP contribution is -2.56. The van der Waals surface area contributed by atoms with Crippen molar-refractivity contribution in [1.82, 2.24) is 5.32 Å². The molecule has 0 radical (unpaired) electrons. The van der Waals surface area contributed by atoms with Gasteiger partial charge in [0.2, 0.25) is 0 Å². The van der Waals surface area contributed by atoms with Crippen LogP contribution < -0.4 is 5.32 Å². The predicted molar refractivity (Wildman–Crippen MR) is 56.7 cm³/mol. The van der Waals surface area contributed by atoms with Crippen molar-refractivity contribution in [2.45, 2.75) is 59.0 Å². The van der Waals surface area contributed by atoms with Gasteiger partial charge in [-0.15, -0.1) is 0 Å². The highest BCUT2D eigenvalue weighted by Gasteiger charge is 2.52. The minimum absolute atomic E-state index is 0.658. The molecule has 1 heteroatoms. The van der Waals surface area contributed by atoms with Gasteiger partial charge in [-0.1, -0.05) is 27.7 Å². The lowest BCUT2D eigenvalue weighted by molar-refractivity contribution is -0.0795. The van der Waals surface area contributed by atoms with Crippen LogP contribution in [0.1, 0.15) is 47.0 Å². The molecule has 3 saturated carbocycles. The summed E-state index contributed by atoms with van der Waals surface area (Å²) < 4.78 is 0. The number of hydrogen-bond acceptors (Lipinski definition) is 1. The van der Waals surface area contributed by atoms with Crippen LogP contribution in [0.3, 0.4) is 0 Å². The van der Waals surface area contributed by atoms with Crippen LogP contribution in [0, 0.1) is 17.3 Å². The Morgan fingerprint density at radius 3 is 2.00 bits per heavy atom. The van der Waals surface area contributed by atoms with Crippen LogP contribution >= 0.6 is 0 Å². The molecule has 1 N–H and O–H groups in total. The van der Waals surface area contributed by atoms with Crippen LogP contribution in [0.25, 0.3) is 0 Å². The second-order valence-corrected chi connectivity index (χ2v) is 5.94. The second-order valence-electron chi connectivity index (χ2n) is 5.94. The third-order valence-electron chi connectivity index (χ3n) is 4.38. The quantitative estimate of drug-likeness (QED) is 0.690. The van der Waals surface area contributed by atoms with Gasteiger partial charge in [-0.3, -0.25) is 0 Å². The first-order valence-corrected chi connectivity index (χ1v) is 5.76. The van der Waals surface area contributed by atoms with Crippen molar-refractivity contribution in [1.29, 1.82) is 0 Å². The Balaban J connectivity index is 1.90. The van der Waals surface area contributed by atoms with Crippen molar-refractivity contribution in [3.63, 3.8) is 0 Å². The van der Waals surface area contributed by atoms with Crippen LogP contribution in [0.4, 0.5) is 0 Å². The molecule has 0 heterocycles. The van der Waals surface area contributed by atoms with E-state index >= 15 is 0 Å². The summed E-state index contributed by atoms with van der Waals surface area (Å²) in [7, 11) is 0. The Labute approximate surface area is 82.3 Å². The molecule has 3 fully saturated rings. The van der Waals surface area contributed by atoms with Crippen molar-refractivity contribution in [3.05, 3.63) is 0 Å². The summed E-state index contributed by atoms with van der Waals surface area (Å²) in [5, 5.41) is 3.68. The third-order valence-corrected chi connectivity index (χ3v) is 4.38. The minimum Gasteiger partial charge on any atom is -0.312 e. The fourth-order valence-corrected chi connectivity index (χ4v) is 3.31. The summed E-state index contributed by atoms with van der Waals surface area (Å²) in [4.78, 5) is 0. The fourth-order valence-electron chi connectivity index (χ4n) is 3.31. The summed E-state index contributed by atoms with van der Waals surface area (Å²) >= 11 is 0. The van der Waals surface area contributed by atoms with Crippen LogP contribution in [0.5, 0.6) is 0 Å². The molecule has 0 aromatic carbocycles. The number of nitrogens with one attached hydrogen (secondary N) is 1. The first-order chi connectivity index (χ1) is 6.00. The summed E-state index contributed by atoms with van der Waals surface area (Å²) in [5.74, 6) is 2.00. The molecule has 2 bridgehead atoms. The van der Waals surface area contributed by atoms with Gasteiger partial charge < -0.3 is 5.32 Å². The standard InChI is InChI=1S/C12H23N/c1-8(2)13-11-6-9-5-10(7-11)12(9,3)4/h8-11,13H,5-7H2,1-4H3/t9-,10+,11+. The SMILES string of the molecule is CC(C)N[C@@H]1C[C@@H]2C[C@H](C1)C2(C)C. The van der Waals surface area contributed by atoms with Gasteiger partial charge >= 0.3 is 0 Å². The van der Waals surface area contributed by atoms with E-state index in [-0.39, 0.29) is 0 Å². The molecule has 1 nitrogen and oxygen atoms in total. The molecule has 3 aliphatic rings. The van der Waals surface area contributed by atoms with E-state index in [0.29, 0.717) is 11.5 Å². The number of rotatable bonds is 2. The molecule has 3 atom stereocenters. The summed E-state index contributed by atoms with van der Waals surface area (Å²) in [6.45, 7) is 9.42. The predicted octanol–water partition coefficient (Wildman–Crippen LogP) is 2.81. The molecule has 3 aliphatic carbocycles. The summed E-state index contributed by atoms with van der Waals surface area (Å²) in [6, 6.07) is 1.47. The third kappa shape index (κ3) is 1.52. The average Bonchev–Trinajstić information content (AvgIpc) is 2.03. The van der Waals surface area contributed by atoms with Crippen LogP contribution in [0.15, 0.2) is 0 Å². The highest BCUT2D eigenvalue weighted by Crippen LogP contribution is 2.58. The van der Waals surface area contributed by atoms with Gasteiger partial charge in [0.15, 0.2) is 0 Å². The Morgan fingerprint density at radius 1 is 1.08 bits per heavy atom. The van der Waals surface area contributed by atoms with Gasteiger partial charge in [0.1, 0.15) is 0 Å². The first kappa shape index (κ1) is 9.51. The van der Waals surface area contributed by atoms with Crippen molar-refractivity contribution in [2.24, 2.45) is 17.3 Å². The fraction of sp³-hybridized carbons (Fsp3) is 1.00. The molecule has 0 unspecified atom stereocenters. The van der Waals surface area contributed by atoms with Crippen LogP contribution in [-0.4, -0.2) is 12.1 Å². The van der Waals surface area contributed by atoms with E-state index < -0.39 is 0 Å². The van der Waals surface area contributed by atoms with E-state index in [9.17, 15) is 0 Å². The van der Waals surface area contributed by atoms with Crippen molar-refractivity contribution >= 4 is 0 Å². The summed E-state index contributed by atoms with van der Waals surface area (Å²) in [6.07, 6.45) is 4.34. The number of fused-ring (bicyclic) bond motifs is 2. The Morgan fingerprint density at radius 2 is 1.62 bits per heavy atom. The maximum Gasteiger partial charge on any atom is 0.00751 e. The average molecular weight is 181 g/mol. The van der Waals surface area contributed by atoms with Crippen LogP contribution in [-0.2, 0) is 0 Å². The minimum atomic E-state index is 0.658. The Kier molecular flexibility index (Phi) is 2.18. The lowest BCUT2D eigenvalue weighted by atomic mass is 9.48. The molecule has 0 aromatic heterocycles. The van der Waals surface area contributed by atoms with E-state index in [0.717, 1.165) is 17.9 Å². The molecular weight excluding hydrogens is 158 g/mol. The highest BCUT2D eigenvalue weighted by atomic mass is 14.9. The molecule has 3 rings (SSSR count). The molecule has 0 saturated heterocycles. The maximum atomic E-state index is 3.68. The van der Waals surface area contributed by atoms with Gasteiger partial charge in [0, 0.05) is 12.1 Å². The van der Waals surface area contributed by atoms with E-state index in [1.807, 2.05) is 0 Å². The molecule has 76 valence electrons. The van der Waals surface area contributed by atoms with E-state index in [1.54, 1.807) is 0 Å². The molecule has 0 aromatic rings. The zero-order valence-electron chi connectivity index (χ0n) is 9.43. The zero-order valence-corrected chi connectivity index (χ0v) is 9.43. The Bertz CT molecular complexity index is 181. The normalized spacial score (nSPS) is 41.8. The molecule has 13 heavy (non-hydrogen) atoms. The number of hydrogen-bond donors (Lipinski definition) is 1. The second kappa shape index (κ2) is 2.98. The van der Waals surface area contributed by atoms with Crippen molar-refractivity contribution < 1.29 is 0 Å². The van der Waals surface area contributed by atoms with E-state index in [4.69, 9.17) is 0 Å². The van der Waals surface area contributed by atoms with Crippen LogP contribution in [0.2, 0.25) is 0 Å². The highest BCUT2D eigenvalue weighted by molar-refractivity contribution is 5.03. The maximum absolute atomic E-state index is 3.68. The van der Waals surface area contributed by atoms with Crippen molar-refractivity contribution in [2.75, 3.05) is 0 Å². The largest absolute Gasteiger partial charge is 0.312 e. The van der Waals surface area contributed by atoms with E-state index in [2.05, 4.69) is 33.0 Å². The molecular formula is C12H23N. The van der Waals surface area contributed by atoms with Gasteiger partial charge in [0.05, 0.1) is 0 Å². The van der Waals surface area contributed by atoms with Gasteiger partial charge in [-0.05, 0) is 36.5 Å². The van der Waals surface area contributed by atoms with Gasteiger partial charge in [0.25, 0.3) is 0 Å². The molecule has 0 spiro atoms. The smallest absolute Gasteiger partial charge is 0.00751 e. The van der Waals surface area contributed by atoms with Gasteiger partial charge in [-0.25, -0.2) is 0 Å². The lowest BCUT2D eigenvalue weighted by Gasteiger charge is -2.59. The van der Waals surface area contributed by atoms with Crippen molar-refractivity contribution in [3.8, 4) is 0 Å². The first-order valence-electron chi connectivity index (χ1n) is 5.76. The zero-order chi connectivity index (χ0) is 9.64. The Hall–Kier alpha value is -0.0400. The molecule has 0 amide bonds. The summed E-state index contributed by atoms with van der Waals surface area (Å²) in [5.41, 5.74) is 0.662.